The minimum atomic E-state index is -5.30. The molecule has 106 valence electrons. The lowest BCUT2D eigenvalue weighted by atomic mass is 9.91. The van der Waals surface area contributed by atoms with Gasteiger partial charge in [-0.05, 0) is 24.6 Å². The summed E-state index contributed by atoms with van der Waals surface area (Å²) in [7, 11) is 0.716. The highest BCUT2D eigenvalue weighted by Crippen LogP contribution is 2.42. The first-order valence-electron chi connectivity index (χ1n) is 4.92. The summed E-state index contributed by atoms with van der Waals surface area (Å²) < 4.78 is 42.8. The van der Waals surface area contributed by atoms with Gasteiger partial charge in [0.15, 0.2) is 0 Å². The van der Waals surface area contributed by atoms with Crippen LogP contribution in [0.5, 0.6) is 5.75 Å². The summed E-state index contributed by atoms with van der Waals surface area (Å²) in [6.07, 6.45) is -5.30. The molecule has 0 saturated carbocycles. The third-order valence-electron chi connectivity index (χ3n) is 2.56. The summed E-state index contributed by atoms with van der Waals surface area (Å²) >= 11 is 5.54. The molecule has 0 bridgehead atoms. The van der Waals surface area contributed by atoms with Crippen LogP contribution in [0.15, 0.2) is 12.1 Å². The second-order valence-corrected chi connectivity index (χ2v) is 4.23. The van der Waals surface area contributed by atoms with Gasteiger partial charge >= 0.3 is 12.1 Å². The van der Waals surface area contributed by atoms with Crippen LogP contribution in [0.3, 0.4) is 0 Å². The first-order valence-corrected chi connectivity index (χ1v) is 5.30. The summed E-state index contributed by atoms with van der Waals surface area (Å²) in [5, 5.41) is 18.7. The van der Waals surface area contributed by atoms with Gasteiger partial charge in [-0.15, -0.1) is 0 Å². The van der Waals surface area contributed by atoms with Gasteiger partial charge < -0.3 is 14.9 Å². The lowest BCUT2D eigenvalue weighted by Crippen LogP contribution is -2.49. The van der Waals surface area contributed by atoms with Crippen molar-refractivity contribution in [2.45, 2.75) is 18.7 Å². The normalized spacial score (nSPS) is 14.9. The standard InChI is InChI=1S/C11H10ClF3O4/c1-5-3-6(4-7(12)8(5)16)10(18,9(17)19-2)11(13,14)15/h3-4,16,18H,1-2H3/t10-/m1/s1. The van der Waals surface area contributed by atoms with Gasteiger partial charge in [-0.3, -0.25) is 0 Å². The lowest BCUT2D eigenvalue weighted by molar-refractivity contribution is -0.266. The molecule has 1 aromatic carbocycles. The van der Waals surface area contributed by atoms with Crippen molar-refractivity contribution in [3.05, 3.63) is 28.3 Å². The van der Waals surface area contributed by atoms with Crippen LogP contribution in [0, 0.1) is 6.92 Å². The maximum atomic E-state index is 12.9. The second-order valence-electron chi connectivity index (χ2n) is 3.82. The highest BCUT2D eigenvalue weighted by Gasteiger charge is 2.62. The van der Waals surface area contributed by atoms with Crippen molar-refractivity contribution < 1.29 is 32.9 Å². The van der Waals surface area contributed by atoms with Crippen molar-refractivity contribution in [1.82, 2.24) is 0 Å². The summed E-state index contributed by atoms with van der Waals surface area (Å²) in [4.78, 5) is 11.3. The highest BCUT2D eigenvalue weighted by atomic mass is 35.5. The Hall–Kier alpha value is -1.47. The molecular formula is C11H10ClF3O4. The van der Waals surface area contributed by atoms with Crippen molar-refractivity contribution in [2.75, 3.05) is 7.11 Å². The van der Waals surface area contributed by atoms with Crippen LogP contribution in [-0.4, -0.2) is 29.5 Å². The van der Waals surface area contributed by atoms with Crippen LogP contribution in [0.25, 0.3) is 0 Å². The fraction of sp³-hybridized carbons (Fsp3) is 0.364. The number of hydrogen-bond acceptors (Lipinski definition) is 4. The Kier molecular flexibility index (Phi) is 4.02. The zero-order valence-electron chi connectivity index (χ0n) is 9.88. The first kappa shape index (κ1) is 15.6. The van der Waals surface area contributed by atoms with E-state index in [1.54, 1.807) is 0 Å². The number of benzene rings is 1. The molecule has 8 heteroatoms. The molecule has 0 radical (unpaired) electrons. The largest absolute Gasteiger partial charge is 0.506 e. The smallest absolute Gasteiger partial charge is 0.432 e. The molecule has 0 aliphatic rings. The number of phenols is 1. The number of ether oxygens (including phenoxy) is 1. The summed E-state index contributed by atoms with van der Waals surface area (Å²) in [6, 6.07) is 1.47. The lowest BCUT2D eigenvalue weighted by Gasteiger charge is -2.28. The van der Waals surface area contributed by atoms with Gasteiger partial charge in [-0.2, -0.15) is 13.2 Å². The number of esters is 1. The van der Waals surface area contributed by atoms with Crippen LogP contribution in [0.1, 0.15) is 11.1 Å². The number of rotatable bonds is 2. The molecule has 0 aliphatic carbocycles. The van der Waals surface area contributed by atoms with Crippen molar-refractivity contribution >= 4 is 17.6 Å². The molecule has 0 saturated heterocycles. The summed E-state index contributed by atoms with van der Waals surface area (Å²) in [6.45, 7) is 1.28. The molecule has 0 aromatic heterocycles. The van der Waals surface area contributed by atoms with Crippen LogP contribution in [-0.2, 0) is 15.1 Å². The highest BCUT2D eigenvalue weighted by molar-refractivity contribution is 6.32. The van der Waals surface area contributed by atoms with Gasteiger partial charge in [-0.25, -0.2) is 4.79 Å². The van der Waals surface area contributed by atoms with Crippen molar-refractivity contribution in [2.24, 2.45) is 0 Å². The van der Waals surface area contributed by atoms with Gasteiger partial charge in [0.2, 0.25) is 0 Å². The minimum Gasteiger partial charge on any atom is -0.506 e. The van der Waals surface area contributed by atoms with E-state index in [4.69, 9.17) is 11.6 Å². The van der Waals surface area contributed by atoms with Crippen molar-refractivity contribution in [1.29, 1.82) is 0 Å². The van der Waals surface area contributed by atoms with Crippen molar-refractivity contribution in [3.63, 3.8) is 0 Å². The molecule has 1 atom stereocenters. The van der Waals surface area contributed by atoms with E-state index in [0.717, 1.165) is 6.07 Å². The zero-order valence-corrected chi connectivity index (χ0v) is 10.6. The molecule has 19 heavy (non-hydrogen) atoms. The van der Waals surface area contributed by atoms with Gasteiger partial charge in [0.05, 0.1) is 12.1 Å². The van der Waals surface area contributed by atoms with Crippen LogP contribution in [0.2, 0.25) is 5.02 Å². The summed E-state index contributed by atoms with van der Waals surface area (Å²) in [5.41, 5.74) is -4.69. The average molecular weight is 299 g/mol. The predicted octanol–water partition coefficient (Wildman–Crippen LogP) is 2.28. The Bertz CT molecular complexity index is 492. The Morgan fingerprint density at radius 1 is 1.37 bits per heavy atom. The number of hydrogen-bond donors (Lipinski definition) is 2. The van der Waals surface area contributed by atoms with E-state index in [9.17, 15) is 28.2 Å². The number of aromatic hydroxyl groups is 1. The molecule has 1 rings (SSSR count). The van der Waals surface area contributed by atoms with Crippen LogP contribution >= 0.6 is 11.6 Å². The second kappa shape index (κ2) is 4.90. The quantitative estimate of drug-likeness (QED) is 0.822. The zero-order chi connectivity index (χ0) is 15.0. The number of aryl methyl sites for hydroxylation is 1. The maximum absolute atomic E-state index is 12.9. The minimum absolute atomic E-state index is 0.0194. The number of carbonyl (C=O) groups is 1. The fourth-order valence-corrected chi connectivity index (χ4v) is 1.76. The number of methoxy groups -OCH3 is 1. The van der Waals surface area contributed by atoms with E-state index in [1.165, 1.54) is 6.92 Å². The van der Waals surface area contributed by atoms with E-state index < -0.39 is 34.1 Å². The maximum Gasteiger partial charge on any atom is 0.432 e. The molecule has 4 nitrogen and oxygen atoms in total. The Labute approximate surface area is 111 Å². The first-order chi connectivity index (χ1) is 8.55. The Morgan fingerprint density at radius 3 is 2.26 bits per heavy atom. The molecule has 0 fully saturated rings. The molecule has 0 aliphatic heterocycles. The van der Waals surface area contributed by atoms with E-state index in [2.05, 4.69) is 4.74 Å². The Morgan fingerprint density at radius 2 is 1.89 bits per heavy atom. The SMILES string of the molecule is COC(=O)[C@](O)(c1cc(C)c(O)c(Cl)c1)C(F)(F)F. The fourth-order valence-electron chi connectivity index (χ4n) is 1.49. The van der Waals surface area contributed by atoms with E-state index in [0.29, 0.717) is 13.2 Å². The van der Waals surface area contributed by atoms with Crippen LogP contribution < -0.4 is 0 Å². The third kappa shape index (κ3) is 2.48. The molecule has 0 amide bonds. The Balaban J connectivity index is 3.56. The van der Waals surface area contributed by atoms with E-state index in [-0.39, 0.29) is 5.56 Å². The topological polar surface area (TPSA) is 66.8 Å². The van der Waals surface area contributed by atoms with E-state index >= 15 is 0 Å². The van der Waals surface area contributed by atoms with Gasteiger partial charge in [-0.1, -0.05) is 11.6 Å². The van der Waals surface area contributed by atoms with Gasteiger partial charge in [0.25, 0.3) is 5.60 Å². The number of aliphatic hydroxyl groups is 1. The number of carbonyl (C=O) groups excluding carboxylic acids is 1. The molecule has 0 spiro atoms. The van der Waals surface area contributed by atoms with Crippen LogP contribution in [0.4, 0.5) is 13.2 Å². The molecule has 1 aromatic rings. The number of phenolic OH excluding ortho intramolecular Hbond substituents is 1. The molecular weight excluding hydrogens is 289 g/mol. The summed E-state index contributed by atoms with van der Waals surface area (Å²) in [5.74, 6) is -2.32. The van der Waals surface area contributed by atoms with Gasteiger partial charge in [0.1, 0.15) is 5.75 Å². The average Bonchev–Trinajstić information content (AvgIpc) is 2.31. The molecule has 2 N–H and O–H groups in total. The third-order valence-corrected chi connectivity index (χ3v) is 2.85. The molecule has 0 heterocycles. The predicted molar refractivity (Wildman–Crippen MR) is 59.8 cm³/mol. The number of alkyl halides is 3. The number of halogens is 4. The van der Waals surface area contributed by atoms with Gasteiger partial charge in [0, 0.05) is 5.56 Å². The monoisotopic (exact) mass is 298 g/mol. The van der Waals surface area contributed by atoms with E-state index in [1.807, 2.05) is 0 Å². The molecule has 0 unspecified atom stereocenters. The van der Waals surface area contributed by atoms with Crippen molar-refractivity contribution in [3.8, 4) is 5.75 Å².